The van der Waals surface area contributed by atoms with Gasteiger partial charge in [-0.25, -0.2) is 4.79 Å². The quantitative estimate of drug-likeness (QED) is 0.170. The number of likely N-dealkylation sites (N-methyl/N-ethyl adjacent to an activating group) is 1. The maximum absolute atomic E-state index is 14.2. The molecule has 4 fully saturated rings. The lowest BCUT2D eigenvalue weighted by molar-refractivity contribution is -0.202. The summed E-state index contributed by atoms with van der Waals surface area (Å²) in [6.45, 7) is 20.1. The van der Waals surface area contributed by atoms with Crippen LogP contribution in [0.5, 0.6) is 0 Å². The van der Waals surface area contributed by atoms with Crippen molar-refractivity contribution in [3.05, 3.63) is 41.5 Å². The molecule has 1 aromatic carbocycles. The highest BCUT2D eigenvalue weighted by atomic mass is 16.5. The predicted octanol–water partition coefficient (Wildman–Crippen LogP) is 9.03. The lowest BCUT2D eigenvalue weighted by Crippen LogP contribution is -2.66. The molecule has 0 unspecified atom stereocenters. The summed E-state index contributed by atoms with van der Waals surface area (Å²) in [5, 5.41) is 24.2. The summed E-state index contributed by atoms with van der Waals surface area (Å²) in [7, 11) is 3.90. The van der Waals surface area contributed by atoms with Crippen molar-refractivity contribution in [3.63, 3.8) is 0 Å². The van der Waals surface area contributed by atoms with Gasteiger partial charge >= 0.3 is 11.9 Å². The number of allylic oxidation sites excluding steroid dienone is 2. The van der Waals surface area contributed by atoms with E-state index in [4.69, 9.17) is 4.74 Å². The lowest BCUT2D eigenvalue weighted by atomic mass is 9.33. The van der Waals surface area contributed by atoms with Crippen LogP contribution >= 0.6 is 0 Å². The highest BCUT2D eigenvalue weighted by molar-refractivity contribution is 5.95. The minimum Gasteiger partial charge on any atom is -0.481 e. The zero-order valence-electron chi connectivity index (χ0n) is 34.6. The number of fused-ring (bicyclic) bond motifs is 7. The van der Waals surface area contributed by atoms with Crippen molar-refractivity contribution in [2.75, 3.05) is 39.1 Å². The number of carbonyl (C=O) groups is 3. The number of carbonyl (C=O) groups excluding carboxylic acids is 2. The van der Waals surface area contributed by atoms with Gasteiger partial charge in [-0.1, -0.05) is 60.5 Å². The second-order valence-corrected chi connectivity index (χ2v) is 19.7. The number of nitrogens with zero attached hydrogens (tertiary/aromatic N) is 1. The van der Waals surface area contributed by atoms with Gasteiger partial charge in [-0.05, 0) is 154 Å². The molecule has 296 valence electrons. The van der Waals surface area contributed by atoms with Crippen molar-refractivity contribution in [1.82, 2.24) is 4.90 Å². The summed E-state index contributed by atoms with van der Waals surface area (Å²) in [5.41, 5.74) is 1.78. The number of hydrogen-bond acceptors (Lipinski definition) is 7. The minimum atomic E-state index is -0.711. The van der Waals surface area contributed by atoms with Crippen molar-refractivity contribution < 1.29 is 29.3 Å². The van der Waals surface area contributed by atoms with Crippen molar-refractivity contribution in [2.45, 2.75) is 132 Å². The number of carboxylic acids is 1. The molecule has 8 heteroatoms. The molecule has 0 spiro atoms. The van der Waals surface area contributed by atoms with E-state index in [0.717, 1.165) is 76.6 Å². The maximum atomic E-state index is 14.2. The average Bonchev–Trinajstić information content (AvgIpc) is 3.09. The van der Waals surface area contributed by atoms with Gasteiger partial charge in [0.15, 0.2) is 5.78 Å². The Kier molecular flexibility index (Phi) is 11.8. The number of aliphatic carboxylic acids is 1. The summed E-state index contributed by atoms with van der Waals surface area (Å²) >= 11 is 0. The third-order valence-corrected chi connectivity index (χ3v) is 15.8. The summed E-state index contributed by atoms with van der Waals surface area (Å²) in [4.78, 5) is 40.1. The molecule has 0 aliphatic heterocycles. The molecular weight excluding hydrogens is 665 g/mol. The second-order valence-electron chi connectivity index (χ2n) is 19.7. The van der Waals surface area contributed by atoms with E-state index in [0.29, 0.717) is 24.5 Å². The van der Waals surface area contributed by atoms with Gasteiger partial charge in [0.1, 0.15) is 6.61 Å². The Morgan fingerprint density at radius 1 is 0.925 bits per heavy atom. The monoisotopic (exact) mass is 735 g/mol. The zero-order valence-corrected chi connectivity index (χ0v) is 34.6. The van der Waals surface area contributed by atoms with Crippen molar-refractivity contribution in [3.8, 4) is 0 Å². The van der Waals surface area contributed by atoms with Crippen LogP contribution in [-0.4, -0.2) is 72.7 Å². The SMILES string of the molecule is CC1(C)[C@@H](O)CC[C@]2(C)[C@H]3C(=O)C=C4[C@@H]5C[C@@](C)(C(=O)O)CC[C@]5(C)CC[C@@]4(C)[C@]3(C)CC[C@@H]12.CCCCNc1ccc(C(=O)OCCN(C)C)cc1. The molecule has 0 aromatic heterocycles. The van der Waals surface area contributed by atoms with Gasteiger partial charge in [0.25, 0.3) is 0 Å². The Balaban J connectivity index is 0.000000243. The fraction of sp³-hybridized carbons (Fsp3) is 0.756. The Labute approximate surface area is 319 Å². The molecule has 8 nitrogen and oxygen atoms in total. The zero-order chi connectivity index (χ0) is 39.2. The van der Waals surface area contributed by atoms with E-state index in [-0.39, 0.29) is 56.8 Å². The molecular formula is C45H70N2O6. The molecule has 0 bridgehead atoms. The normalized spacial score (nSPS) is 38.5. The Morgan fingerprint density at radius 2 is 1.58 bits per heavy atom. The fourth-order valence-electron chi connectivity index (χ4n) is 11.9. The molecule has 1 aromatic rings. The van der Waals surface area contributed by atoms with Crippen molar-refractivity contribution in [2.24, 2.45) is 50.2 Å². The topological polar surface area (TPSA) is 116 Å². The molecule has 0 heterocycles. The fourth-order valence-corrected chi connectivity index (χ4v) is 11.9. The summed E-state index contributed by atoms with van der Waals surface area (Å²) in [6, 6.07) is 7.43. The number of benzene rings is 1. The molecule has 5 aliphatic rings. The molecule has 6 rings (SSSR count). The van der Waals surface area contributed by atoms with Crippen LogP contribution in [0, 0.1) is 50.2 Å². The third kappa shape index (κ3) is 7.37. The van der Waals surface area contributed by atoms with E-state index in [9.17, 15) is 24.6 Å². The number of ether oxygens (including phenoxy) is 1. The summed E-state index contributed by atoms with van der Waals surface area (Å²) in [6.07, 6.45) is 12.3. The maximum Gasteiger partial charge on any atom is 0.338 e. The Morgan fingerprint density at radius 3 is 2.21 bits per heavy atom. The van der Waals surface area contributed by atoms with Gasteiger partial charge in [0.05, 0.1) is 17.1 Å². The minimum absolute atomic E-state index is 0.0296. The van der Waals surface area contributed by atoms with Gasteiger partial charge in [-0.2, -0.15) is 0 Å². The van der Waals surface area contributed by atoms with Crippen molar-refractivity contribution in [1.29, 1.82) is 0 Å². The molecule has 0 saturated heterocycles. The number of aliphatic hydroxyl groups is 1. The molecule has 9 atom stereocenters. The number of anilines is 1. The van der Waals surface area contributed by atoms with Crippen LogP contribution in [0.2, 0.25) is 0 Å². The number of hydrogen-bond donors (Lipinski definition) is 3. The first-order valence-electron chi connectivity index (χ1n) is 20.5. The number of unbranched alkanes of at least 4 members (excludes halogenated alkanes) is 1. The Hall–Kier alpha value is -2.71. The van der Waals surface area contributed by atoms with Gasteiger partial charge in [-0.15, -0.1) is 0 Å². The van der Waals surface area contributed by atoms with E-state index < -0.39 is 11.4 Å². The van der Waals surface area contributed by atoms with Crippen molar-refractivity contribution >= 4 is 23.4 Å². The summed E-state index contributed by atoms with van der Waals surface area (Å²) in [5.74, 6) is -0.202. The molecule has 5 aliphatic carbocycles. The molecule has 0 amide bonds. The number of esters is 1. The van der Waals surface area contributed by atoms with E-state index in [1.165, 1.54) is 12.0 Å². The second kappa shape index (κ2) is 15.1. The molecule has 4 saturated carbocycles. The van der Waals surface area contributed by atoms with Crippen LogP contribution in [-0.2, 0) is 14.3 Å². The highest BCUT2D eigenvalue weighted by Gasteiger charge is 2.70. The Bertz CT molecular complexity index is 1550. The van der Waals surface area contributed by atoms with E-state index >= 15 is 0 Å². The standard InChI is InChI=1S/C30H46O4.C15H24N2O2/c1-25(2)21-8-11-30(7)23(28(21,5)10-9-22(25)32)20(31)16-18-19-17-27(4,24(33)34)13-12-26(19,3)14-15-29(18,30)6;1-4-5-10-16-14-8-6-13(7-9-14)15(18)19-12-11-17(2)3/h16,19,21-23,32H,8-15,17H2,1-7H3,(H,33,34);6-9,16H,4-5,10-12H2,1-3H3/t19-,21-,22-,23+,26+,27-,28-,29+,30+;/m0./s1. The largest absolute Gasteiger partial charge is 0.481 e. The lowest BCUT2D eigenvalue weighted by Gasteiger charge is -2.70. The van der Waals surface area contributed by atoms with Crippen LogP contribution in [0.15, 0.2) is 35.9 Å². The van der Waals surface area contributed by atoms with E-state index in [1.807, 2.05) is 44.1 Å². The van der Waals surface area contributed by atoms with Crippen LogP contribution in [0.1, 0.15) is 136 Å². The number of rotatable bonds is 9. The first-order chi connectivity index (χ1) is 24.7. The first-order valence-corrected chi connectivity index (χ1v) is 20.5. The van der Waals surface area contributed by atoms with Crippen LogP contribution in [0.25, 0.3) is 0 Å². The van der Waals surface area contributed by atoms with E-state index in [1.54, 1.807) is 12.1 Å². The predicted molar refractivity (Wildman–Crippen MR) is 212 cm³/mol. The van der Waals surface area contributed by atoms with Crippen LogP contribution < -0.4 is 5.32 Å². The van der Waals surface area contributed by atoms with Gasteiger partial charge in [0, 0.05) is 24.7 Å². The third-order valence-electron chi connectivity index (χ3n) is 15.8. The highest BCUT2D eigenvalue weighted by Crippen LogP contribution is 2.75. The van der Waals surface area contributed by atoms with Gasteiger partial charge in [0.2, 0.25) is 0 Å². The first kappa shape index (κ1) is 41.5. The van der Waals surface area contributed by atoms with Gasteiger partial charge in [-0.3, -0.25) is 9.59 Å². The molecule has 53 heavy (non-hydrogen) atoms. The van der Waals surface area contributed by atoms with E-state index in [2.05, 4.69) is 53.8 Å². The van der Waals surface area contributed by atoms with Gasteiger partial charge < -0.3 is 25.2 Å². The number of ketones is 1. The van der Waals surface area contributed by atoms with Crippen LogP contribution in [0.4, 0.5) is 5.69 Å². The smallest absolute Gasteiger partial charge is 0.338 e. The molecule has 0 radical (unpaired) electrons. The molecule has 3 N–H and O–H groups in total. The number of aliphatic hydroxyl groups excluding tert-OH is 1. The average molecular weight is 735 g/mol. The number of nitrogens with one attached hydrogen (secondary N) is 1. The van der Waals surface area contributed by atoms with Crippen LogP contribution in [0.3, 0.4) is 0 Å². The number of carboxylic acid groups (broad SMARTS) is 1. The summed E-state index contributed by atoms with van der Waals surface area (Å²) < 4.78 is 5.18.